The Hall–Kier alpha value is -3.13. The van der Waals surface area contributed by atoms with Gasteiger partial charge in [0.05, 0.1) is 12.6 Å². The number of amides is 3. The Morgan fingerprint density at radius 2 is 1.76 bits per heavy atom. The second kappa shape index (κ2) is 13.1. The fraction of sp³-hybridized carbons (Fsp3) is 0.533. The smallest absolute Gasteiger partial charge is 0.410 e. The first-order valence-corrected chi connectivity index (χ1v) is 13.6. The topological polar surface area (TPSA) is 73.3 Å². The van der Waals surface area contributed by atoms with E-state index < -0.39 is 11.7 Å². The number of aliphatic hydroxyl groups excluding tert-OH is 1. The lowest BCUT2D eigenvalue weighted by Crippen LogP contribution is -2.47. The van der Waals surface area contributed by atoms with E-state index in [0.29, 0.717) is 26.2 Å². The first-order chi connectivity index (χ1) is 18.2. The lowest BCUT2D eigenvalue weighted by atomic mass is 9.88. The monoisotopic (exact) mass is 527 g/mol. The molecule has 2 atom stereocenters. The first-order valence-electron chi connectivity index (χ1n) is 13.6. The third kappa shape index (κ3) is 7.25. The number of hydrogen-bond donors (Lipinski definition) is 1. The standard InChI is InChI=1S/C28H36FN3O4.C2H6/c1-28(2,3)36-27(35)31(16-17-33)19-20-12-14-30(18-20)26(34)32-15-13-21-6-4-5-7-24(21)25(32)22-8-10-23(29)11-9-22;1-2/h4-11,20,25,33H,12-19H2,1-3H3;1-2H3/t20-,25-;/m0./s1. The van der Waals surface area contributed by atoms with Gasteiger partial charge in [-0.25, -0.2) is 14.0 Å². The van der Waals surface area contributed by atoms with Crippen LogP contribution in [0.2, 0.25) is 0 Å². The van der Waals surface area contributed by atoms with E-state index in [1.165, 1.54) is 22.6 Å². The lowest BCUT2D eigenvalue weighted by molar-refractivity contribution is 0.0190. The Morgan fingerprint density at radius 1 is 1.08 bits per heavy atom. The normalized spacial score (nSPS) is 18.8. The molecule has 3 amide bonds. The van der Waals surface area contributed by atoms with Gasteiger partial charge in [0.15, 0.2) is 0 Å². The van der Waals surface area contributed by atoms with E-state index in [4.69, 9.17) is 4.74 Å². The molecule has 0 radical (unpaired) electrons. The van der Waals surface area contributed by atoms with Crippen LogP contribution < -0.4 is 0 Å². The predicted molar refractivity (Wildman–Crippen MR) is 146 cm³/mol. The number of fused-ring (bicyclic) bond motifs is 1. The number of carbonyl (C=O) groups is 2. The molecule has 2 aliphatic rings. The second-order valence-electron chi connectivity index (χ2n) is 10.6. The van der Waals surface area contributed by atoms with E-state index in [1.54, 1.807) is 12.1 Å². The van der Waals surface area contributed by atoms with E-state index in [-0.39, 0.29) is 37.0 Å². The van der Waals surface area contributed by atoms with E-state index in [9.17, 15) is 19.1 Å². The highest BCUT2D eigenvalue weighted by molar-refractivity contribution is 5.76. The van der Waals surface area contributed by atoms with Crippen LogP contribution in [0.4, 0.5) is 14.0 Å². The number of ether oxygens (including phenoxy) is 1. The molecule has 0 bridgehead atoms. The minimum absolute atomic E-state index is 0.0488. The summed E-state index contributed by atoms with van der Waals surface area (Å²) in [6, 6.07) is 14.2. The van der Waals surface area contributed by atoms with Crippen LogP contribution in [0, 0.1) is 11.7 Å². The Labute approximate surface area is 226 Å². The summed E-state index contributed by atoms with van der Waals surface area (Å²) in [5, 5.41) is 9.46. The number of halogens is 1. The Morgan fingerprint density at radius 3 is 2.42 bits per heavy atom. The third-order valence-electron chi connectivity index (χ3n) is 6.77. The van der Waals surface area contributed by atoms with Gasteiger partial charge in [-0.15, -0.1) is 0 Å². The van der Waals surface area contributed by atoms with Crippen LogP contribution in [0.5, 0.6) is 0 Å². The molecule has 0 saturated carbocycles. The molecule has 38 heavy (non-hydrogen) atoms. The van der Waals surface area contributed by atoms with Crippen molar-refractivity contribution in [3.8, 4) is 0 Å². The zero-order valence-corrected chi connectivity index (χ0v) is 23.3. The van der Waals surface area contributed by atoms with Gasteiger partial charge in [-0.05, 0) is 68.4 Å². The molecule has 2 aromatic carbocycles. The largest absolute Gasteiger partial charge is 0.444 e. The lowest BCUT2D eigenvalue weighted by Gasteiger charge is -2.39. The van der Waals surface area contributed by atoms with Crippen molar-refractivity contribution < 1.29 is 23.8 Å². The molecule has 0 unspecified atom stereocenters. The maximum Gasteiger partial charge on any atom is 0.410 e. The number of benzene rings is 2. The molecular weight excluding hydrogens is 485 g/mol. The number of nitrogens with zero attached hydrogens (tertiary/aromatic N) is 3. The van der Waals surface area contributed by atoms with Gasteiger partial charge in [-0.3, -0.25) is 0 Å². The number of likely N-dealkylation sites (tertiary alicyclic amines) is 1. The van der Waals surface area contributed by atoms with Crippen molar-refractivity contribution in [1.29, 1.82) is 0 Å². The quantitative estimate of drug-likeness (QED) is 0.560. The molecule has 4 rings (SSSR count). The summed E-state index contributed by atoms with van der Waals surface area (Å²) >= 11 is 0. The van der Waals surface area contributed by atoms with Crippen molar-refractivity contribution in [2.24, 2.45) is 5.92 Å². The number of urea groups is 1. The number of hydrogen-bond acceptors (Lipinski definition) is 4. The Balaban J connectivity index is 0.00000195. The molecule has 208 valence electrons. The fourth-order valence-electron chi connectivity index (χ4n) is 5.13. The van der Waals surface area contributed by atoms with Crippen LogP contribution in [0.25, 0.3) is 0 Å². The Kier molecular flexibility index (Phi) is 10.1. The van der Waals surface area contributed by atoms with Gasteiger partial charge in [-0.2, -0.15) is 0 Å². The highest BCUT2D eigenvalue weighted by Crippen LogP contribution is 2.36. The molecular formula is C30H42FN3O4. The SMILES string of the molecule is CC.CC(C)(C)OC(=O)N(CCO)C[C@H]1CCN(C(=O)N2CCc3ccccc3[C@@H]2c2ccc(F)cc2)C1. The zero-order valence-electron chi connectivity index (χ0n) is 23.3. The molecule has 1 N–H and O–H groups in total. The van der Waals surface area contributed by atoms with Crippen molar-refractivity contribution in [2.75, 3.05) is 39.3 Å². The van der Waals surface area contributed by atoms with Gasteiger partial charge in [0.1, 0.15) is 11.4 Å². The van der Waals surface area contributed by atoms with Gasteiger partial charge in [0.25, 0.3) is 0 Å². The van der Waals surface area contributed by atoms with Gasteiger partial charge in [-0.1, -0.05) is 50.2 Å². The van der Waals surface area contributed by atoms with Crippen molar-refractivity contribution in [1.82, 2.24) is 14.7 Å². The van der Waals surface area contributed by atoms with E-state index in [1.807, 2.05) is 62.6 Å². The summed E-state index contributed by atoms with van der Waals surface area (Å²) in [4.78, 5) is 31.7. The van der Waals surface area contributed by atoms with Gasteiger partial charge in [0, 0.05) is 32.7 Å². The maximum atomic E-state index is 13.8. The summed E-state index contributed by atoms with van der Waals surface area (Å²) in [6.45, 7) is 11.6. The van der Waals surface area contributed by atoms with Crippen LogP contribution in [-0.2, 0) is 11.2 Å². The molecule has 2 heterocycles. The summed E-state index contributed by atoms with van der Waals surface area (Å²) in [5.74, 6) is -0.213. The molecule has 8 heteroatoms. The molecule has 0 aromatic heterocycles. The van der Waals surface area contributed by atoms with Gasteiger partial charge < -0.3 is 24.5 Å². The highest BCUT2D eigenvalue weighted by atomic mass is 19.1. The van der Waals surface area contributed by atoms with Crippen molar-refractivity contribution in [3.05, 3.63) is 71.0 Å². The van der Waals surface area contributed by atoms with E-state index in [0.717, 1.165) is 24.0 Å². The molecule has 0 aliphatic carbocycles. The van der Waals surface area contributed by atoms with Crippen LogP contribution in [0.1, 0.15) is 63.8 Å². The summed E-state index contributed by atoms with van der Waals surface area (Å²) in [6.07, 6.45) is 1.08. The number of rotatable bonds is 5. The van der Waals surface area contributed by atoms with Crippen LogP contribution in [0.15, 0.2) is 48.5 Å². The number of aliphatic hydroxyl groups is 1. The van der Waals surface area contributed by atoms with Gasteiger partial charge >= 0.3 is 12.1 Å². The highest BCUT2D eigenvalue weighted by Gasteiger charge is 2.37. The zero-order chi connectivity index (χ0) is 27.9. The molecule has 7 nitrogen and oxygen atoms in total. The summed E-state index contributed by atoms with van der Waals surface area (Å²) < 4.78 is 19.2. The summed E-state index contributed by atoms with van der Waals surface area (Å²) in [7, 11) is 0. The minimum Gasteiger partial charge on any atom is -0.444 e. The van der Waals surface area contributed by atoms with Crippen LogP contribution in [0.3, 0.4) is 0 Å². The first kappa shape index (κ1) is 29.4. The predicted octanol–water partition coefficient (Wildman–Crippen LogP) is 5.47. The Bertz CT molecular complexity index is 1070. The van der Waals surface area contributed by atoms with Crippen molar-refractivity contribution in [3.63, 3.8) is 0 Å². The fourth-order valence-corrected chi connectivity index (χ4v) is 5.13. The maximum absolute atomic E-state index is 13.8. The summed E-state index contributed by atoms with van der Waals surface area (Å²) in [5.41, 5.74) is 2.53. The molecule has 2 aliphatic heterocycles. The second-order valence-corrected chi connectivity index (χ2v) is 10.6. The molecule has 1 fully saturated rings. The molecule has 0 spiro atoms. The van der Waals surface area contributed by atoms with E-state index >= 15 is 0 Å². The van der Waals surface area contributed by atoms with Crippen LogP contribution >= 0.6 is 0 Å². The molecule has 1 saturated heterocycles. The third-order valence-corrected chi connectivity index (χ3v) is 6.77. The number of carbonyl (C=O) groups excluding carboxylic acids is 2. The average molecular weight is 528 g/mol. The minimum atomic E-state index is -0.623. The van der Waals surface area contributed by atoms with E-state index in [2.05, 4.69) is 6.07 Å². The van der Waals surface area contributed by atoms with Crippen molar-refractivity contribution in [2.45, 2.75) is 59.1 Å². The van der Waals surface area contributed by atoms with Crippen LogP contribution in [-0.4, -0.2) is 76.9 Å². The molecule has 2 aromatic rings. The van der Waals surface area contributed by atoms with Crippen molar-refractivity contribution >= 4 is 12.1 Å². The van der Waals surface area contributed by atoms with Gasteiger partial charge in [0.2, 0.25) is 0 Å². The average Bonchev–Trinajstić information content (AvgIpc) is 3.37.